The highest BCUT2D eigenvalue weighted by Crippen LogP contribution is 2.28. The summed E-state index contributed by atoms with van der Waals surface area (Å²) in [5, 5.41) is 9.12. The van der Waals surface area contributed by atoms with E-state index in [0.29, 0.717) is 12.8 Å². The SMILES string of the molecule is O=C(O)C1CCn2cnc(-c3ccncc3)c2C1. The summed E-state index contributed by atoms with van der Waals surface area (Å²) in [6.45, 7) is 0.727. The molecule has 1 atom stereocenters. The summed E-state index contributed by atoms with van der Waals surface area (Å²) in [6, 6.07) is 3.79. The Hall–Kier alpha value is -2.17. The van der Waals surface area contributed by atoms with Crippen LogP contribution in [0.3, 0.4) is 0 Å². The lowest BCUT2D eigenvalue weighted by atomic mass is 9.94. The van der Waals surface area contributed by atoms with Crippen LogP contribution in [-0.2, 0) is 17.8 Å². The van der Waals surface area contributed by atoms with Crippen LogP contribution in [0.5, 0.6) is 0 Å². The zero-order valence-corrected chi connectivity index (χ0v) is 9.78. The van der Waals surface area contributed by atoms with E-state index < -0.39 is 5.97 Å². The Morgan fingerprint density at radius 1 is 1.39 bits per heavy atom. The van der Waals surface area contributed by atoms with Crippen LogP contribution < -0.4 is 0 Å². The van der Waals surface area contributed by atoms with Crippen molar-refractivity contribution in [1.29, 1.82) is 0 Å². The molecule has 0 saturated carbocycles. The fraction of sp³-hybridized carbons (Fsp3) is 0.308. The van der Waals surface area contributed by atoms with Gasteiger partial charge in [0, 0.05) is 36.6 Å². The Bertz CT molecular complexity index is 577. The van der Waals surface area contributed by atoms with Crippen molar-refractivity contribution in [2.45, 2.75) is 19.4 Å². The maximum Gasteiger partial charge on any atom is 0.306 e. The minimum absolute atomic E-state index is 0.296. The molecular weight excluding hydrogens is 230 g/mol. The van der Waals surface area contributed by atoms with Crippen LogP contribution in [-0.4, -0.2) is 25.6 Å². The lowest BCUT2D eigenvalue weighted by Crippen LogP contribution is -2.25. The third kappa shape index (κ3) is 1.77. The van der Waals surface area contributed by atoms with E-state index >= 15 is 0 Å². The minimum Gasteiger partial charge on any atom is -0.481 e. The topological polar surface area (TPSA) is 68.0 Å². The normalized spacial score (nSPS) is 18.3. The summed E-state index contributed by atoms with van der Waals surface area (Å²) in [6.07, 6.45) is 6.46. The van der Waals surface area contributed by atoms with E-state index in [0.717, 1.165) is 23.5 Å². The van der Waals surface area contributed by atoms with Gasteiger partial charge in [0.15, 0.2) is 0 Å². The predicted octanol–water partition coefficient (Wildman–Crippen LogP) is 1.59. The number of nitrogens with zero attached hydrogens (tertiary/aromatic N) is 3. The molecule has 1 unspecified atom stereocenters. The molecule has 5 heteroatoms. The molecule has 0 aliphatic carbocycles. The van der Waals surface area contributed by atoms with Gasteiger partial charge in [0.05, 0.1) is 17.9 Å². The molecule has 2 aromatic heterocycles. The van der Waals surface area contributed by atoms with Crippen molar-refractivity contribution >= 4 is 5.97 Å². The second-order valence-electron chi connectivity index (χ2n) is 4.50. The summed E-state index contributed by atoms with van der Waals surface area (Å²) < 4.78 is 2.05. The van der Waals surface area contributed by atoms with Crippen molar-refractivity contribution in [3.05, 3.63) is 36.5 Å². The minimum atomic E-state index is -0.719. The van der Waals surface area contributed by atoms with E-state index in [4.69, 9.17) is 5.11 Å². The number of rotatable bonds is 2. The summed E-state index contributed by atoms with van der Waals surface area (Å²) in [7, 11) is 0. The lowest BCUT2D eigenvalue weighted by molar-refractivity contribution is -0.142. The van der Waals surface area contributed by atoms with Gasteiger partial charge in [-0.25, -0.2) is 4.98 Å². The van der Waals surface area contributed by atoms with Gasteiger partial charge in [0.25, 0.3) is 0 Å². The summed E-state index contributed by atoms with van der Waals surface area (Å²) >= 11 is 0. The van der Waals surface area contributed by atoms with E-state index in [1.54, 1.807) is 18.7 Å². The maximum atomic E-state index is 11.1. The molecule has 0 radical (unpaired) electrons. The Morgan fingerprint density at radius 3 is 2.89 bits per heavy atom. The fourth-order valence-corrected chi connectivity index (χ4v) is 2.41. The first kappa shape index (κ1) is 11.0. The van der Waals surface area contributed by atoms with Crippen LogP contribution in [0.1, 0.15) is 12.1 Å². The number of hydrogen-bond acceptors (Lipinski definition) is 3. The third-order valence-electron chi connectivity index (χ3n) is 3.41. The number of carboxylic acids is 1. The van der Waals surface area contributed by atoms with Crippen molar-refractivity contribution in [3.63, 3.8) is 0 Å². The van der Waals surface area contributed by atoms with Crippen LogP contribution in [0.15, 0.2) is 30.9 Å². The fourth-order valence-electron chi connectivity index (χ4n) is 2.41. The molecule has 0 spiro atoms. The van der Waals surface area contributed by atoms with Gasteiger partial charge in [0.1, 0.15) is 0 Å². The van der Waals surface area contributed by atoms with Gasteiger partial charge < -0.3 is 9.67 Å². The second-order valence-corrected chi connectivity index (χ2v) is 4.50. The Labute approximate surface area is 104 Å². The van der Waals surface area contributed by atoms with Crippen molar-refractivity contribution in [3.8, 4) is 11.3 Å². The molecule has 0 aromatic carbocycles. The van der Waals surface area contributed by atoms with Crippen LogP contribution in [0.2, 0.25) is 0 Å². The van der Waals surface area contributed by atoms with Crippen LogP contribution in [0.4, 0.5) is 0 Å². The molecule has 1 aliphatic rings. The molecule has 0 amide bonds. The molecule has 0 fully saturated rings. The van der Waals surface area contributed by atoms with Crippen LogP contribution >= 0.6 is 0 Å². The number of aliphatic carboxylic acids is 1. The first-order chi connectivity index (χ1) is 8.75. The van der Waals surface area contributed by atoms with E-state index in [2.05, 4.69) is 14.5 Å². The molecule has 0 bridgehead atoms. The van der Waals surface area contributed by atoms with Crippen molar-refractivity contribution in [1.82, 2.24) is 14.5 Å². The molecule has 5 nitrogen and oxygen atoms in total. The standard InChI is InChI=1S/C13H13N3O2/c17-13(18)10-3-6-16-8-15-12(11(16)7-10)9-1-4-14-5-2-9/h1-2,4-5,8,10H,3,6-7H2,(H,17,18). The highest BCUT2D eigenvalue weighted by Gasteiger charge is 2.27. The van der Waals surface area contributed by atoms with E-state index in [1.807, 2.05) is 12.1 Å². The highest BCUT2D eigenvalue weighted by molar-refractivity contribution is 5.71. The number of imidazole rings is 1. The molecule has 0 saturated heterocycles. The summed E-state index contributed by atoms with van der Waals surface area (Å²) in [4.78, 5) is 19.5. The zero-order chi connectivity index (χ0) is 12.5. The monoisotopic (exact) mass is 243 g/mol. The first-order valence-corrected chi connectivity index (χ1v) is 5.93. The van der Waals surface area contributed by atoms with Crippen molar-refractivity contribution in [2.75, 3.05) is 0 Å². The number of pyridine rings is 1. The van der Waals surface area contributed by atoms with Gasteiger partial charge in [-0.2, -0.15) is 0 Å². The van der Waals surface area contributed by atoms with Crippen molar-refractivity contribution < 1.29 is 9.90 Å². The smallest absolute Gasteiger partial charge is 0.306 e. The number of fused-ring (bicyclic) bond motifs is 1. The van der Waals surface area contributed by atoms with E-state index in [-0.39, 0.29) is 5.92 Å². The van der Waals surface area contributed by atoms with E-state index in [9.17, 15) is 4.79 Å². The number of aryl methyl sites for hydroxylation is 1. The first-order valence-electron chi connectivity index (χ1n) is 5.93. The number of carbonyl (C=O) groups is 1. The molecule has 3 rings (SSSR count). The molecule has 1 aliphatic heterocycles. The molecule has 92 valence electrons. The predicted molar refractivity (Wildman–Crippen MR) is 64.9 cm³/mol. The van der Waals surface area contributed by atoms with Crippen molar-refractivity contribution in [2.24, 2.45) is 5.92 Å². The summed E-state index contributed by atoms with van der Waals surface area (Å²) in [5.74, 6) is -1.02. The molecule has 3 heterocycles. The Morgan fingerprint density at radius 2 is 2.17 bits per heavy atom. The van der Waals surface area contributed by atoms with Crippen LogP contribution in [0.25, 0.3) is 11.3 Å². The largest absolute Gasteiger partial charge is 0.481 e. The van der Waals surface area contributed by atoms with Gasteiger partial charge in [-0.15, -0.1) is 0 Å². The quantitative estimate of drug-likeness (QED) is 0.869. The average molecular weight is 243 g/mol. The summed E-state index contributed by atoms with van der Waals surface area (Å²) in [5.41, 5.74) is 2.88. The van der Waals surface area contributed by atoms with E-state index in [1.165, 1.54) is 0 Å². The van der Waals surface area contributed by atoms with Gasteiger partial charge in [0.2, 0.25) is 0 Å². The molecule has 18 heavy (non-hydrogen) atoms. The Balaban J connectivity index is 2.00. The number of aromatic nitrogens is 3. The highest BCUT2D eigenvalue weighted by atomic mass is 16.4. The number of carboxylic acid groups (broad SMARTS) is 1. The molecule has 2 aromatic rings. The lowest BCUT2D eigenvalue weighted by Gasteiger charge is -2.21. The third-order valence-corrected chi connectivity index (χ3v) is 3.41. The number of hydrogen-bond donors (Lipinski definition) is 1. The van der Waals surface area contributed by atoms with Crippen LogP contribution in [0, 0.1) is 5.92 Å². The van der Waals surface area contributed by atoms with Gasteiger partial charge in [-0.05, 0) is 18.6 Å². The van der Waals surface area contributed by atoms with Gasteiger partial charge in [-0.3, -0.25) is 9.78 Å². The van der Waals surface area contributed by atoms with Gasteiger partial charge >= 0.3 is 5.97 Å². The zero-order valence-electron chi connectivity index (χ0n) is 9.78. The maximum absolute atomic E-state index is 11.1. The van der Waals surface area contributed by atoms with Gasteiger partial charge in [-0.1, -0.05) is 0 Å². The second kappa shape index (κ2) is 4.25. The Kier molecular flexibility index (Phi) is 2.59. The average Bonchev–Trinajstić information content (AvgIpc) is 2.82. The molecule has 1 N–H and O–H groups in total. The molecular formula is C13H13N3O2.